The molecule has 0 bridgehead atoms. The lowest BCUT2D eigenvalue weighted by Crippen LogP contribution is -2.23. The van der Waals surface area contributed by atoms with Crippen LogP contribution >= 0.6 is 0 Å². The van der Waals surface area contributed by atoms with Gasteiger partial charge in [-0.25, -0.2) is 0 Å². The van der Waals surface area contributed by atoms with Crippen molar-refractivity contribution in [2.45, 2.75) is 25.3 Å². The van der Waals surface area contributed by atoms with Crippen LogP contribution < -0.4 is 15.8 Å². The fourth-order valence-corrected chi connectivity index (χ4v) is 2.40. The highest BCUT2D eigenvalue weighted by Crippen LogP contribution is 2.34. The zero-order valence-electron chi connectivity index (χ0n) is 10.0. The number of hydrogen-bond donors (Lipinski definition) is 2. The van der Waals surface area contributed by atoms with Gasteiger partial charge in [0.15, 0.2) is 6.61 Å². The maximum atomic E-state index is 10.7. The van der Waals surface area contributed by atoms with Gasteiger partial charge >= 0.3 is 0 Å². The minimum absolute atomic E-state index is 0.0549. The molecule has 0 saturated carbocycles. The molecule has 1 aliphatic carbocycles. The summed E-state index contributed by atoms with van der Waals surface area (Å²) in [6.45, 7) is -0.0549. The third-order valence-electron chi connectivity index (χ3n) is 3.18. The second kappa shape index (κ2) is 5.19. The molecule has 1 aromatic carbocycles. The van der Waals surface area contributed by atoms with E-state index in [1.54, 1.807) is 0 Å². The number of hydrogen-bond acceptors (Lipinski definition) is 3. The van der Waals surface area contributed by atoms with Crippen LogP contribution in [-0.4, -0.2) is 19.6 Å². The van der Waals surface area contributed by atoms with Crippen LogP contribution in [0.4, 0.5) is 0 Å². The standard InChI is InChI=1S/C13H18N2O2/c1-15-11-6-2-5-10-9(11)4-3-7-12(10)17-8-13(14)16/h3-4,7,11,15H,2,5-6,8H2,1H3,(H2,14,16). The van der Waals surface area contributed by atoms with Crippen molar-refractivity contribution in [1.29, 1.82) is 0 Å². The molecule has 1 unspecified atom stereocenters. The lowest BCUT2D eigenvalue weighted by molar-refractivity contribution is -0.119. The van der Waals surface area contributed by atoms with Crippen molar-refractivity contribution in [3.05, 3.63) is 29.3 Å². The van der Waals surface area contributed by atoms with Crippen molar-refractivity contribution in [3.63, 3.8) is 0 Å². The highest BCUT2D eigenvalue weighted by atomic mass is 16.5. The number of nitrogens with two attached hydrogens (primary N) is 1. The summed E-state index contributed by atoms with van der Waals surface area (Å²) in [7, 11) is 1.97. The number of carbonyl (C=O) groups is 1. The van der Waals surface area contributed by atoms with Crippen LogP contribution in [0.3, 0.4) is 0 Å². The first-order valence-corrected chi connectivity index (χ1v) is 5.92. The summed E-state index contributed by atoms with van der Waals surface area (Å²) >= 11 is 0. The predicted molar refractivity (Wildman–Crippen MR) is 65.9 cm³/mol. The lowest BCUT2D eigenvalue weighted by atomic mass is 9.87. The van der Waals surface area contributed by atoms with Crippen molar-refractivity contribution in [1.82, 2.24) is 5.32 Å². The van der Waals surface area contributed by atoms with E-state index in [2.05, 4.69) is 11.4 Å². The highest BCUT2D eigenvalue weighted by Gasteiger charge is 2.21. The topological polar surface area (TPSA) is 64.3 Å². The Morgan fingerprint density at radius 2 is 2.41 bits per heavy atom. The Kier molecular flexibility index (Phi) is 3.64. The summed E-state index contributed by atoms with van der Waals surface area (Å²) in [6, 6.07) is 6.37. The van der Waals surface area contributed by atoms with Gasteiger partial charge in [0.2, 0.25) is 0 Å². The molecule has 4 heteroatoms. The van der Waals surface area contributed by atoms with E-state index in [4.69, 9.17) is 10.5 Å². The third kappa shape index (κ3) is 2.58. The average molecular weight is 234 g/mol. The Balaban J connectivity index is 2.26. The van der Waals surface area contributed by atoms with Crippen LogP contribution in [0.5, 0.6) is 5.75 Å². The largest absolute Gasteiger partial charge is 0.483 e. The molecule has 0 radical (unpaired) electrons. The Morgan fingerprint density at radius 3 is 3.12 bits per heavy atom. The molecule has 0 aromatic heterocycles. The molecular weight excluding hydrogens is 216 g/mol. The van der Waals surface area contributed by atoms with E-state index in [9.17, 15) is 4.79 Å². The smallest absolute Gasteiger partial charge is 0.255 e. The lowest BCUT2D eigenvalue weighted by Gasteiger charge is -2.26. The number of carbonyl (C=O) groups excluding carboxylic acids is 1. The highest BCUT2D eigenvalue weighted by molar-refractivity contribution is 5.75. The molecule has 0 spiro atoms. The number of fused-ring (bicyclic) bond motifs is 1. The van der Waals surface area contributed by atoms with Gasteiger partial charge in [0.25, 0.3) is 5.91 Å². The van der Waals surface area contributed by atoms with Crippen molar-refractivity contribution in [2.75, 3.05) is 13.7 Å². The molecule has 1 amide bonds. The Labute approximate surface area is 101 Å². The van der Waals surface area contributed by atoms with Crippen molar-refractivity contribution in [3.8, 4) is 5.75 Å². The number of rotatable bonds is 4. The minimum Gasteiger partial charge on any atom is -0.483 e. The van der Waals surface area contributed by atoms with Gasteiger partial charge < -0.3 is 15.8 Å². The molecule has 0 aliphatic heterocycles. The van der Waals surface area contributed by atoms with E-state index in [0.29, 0.717) is 6.04 Å². The molecule has 0 saturated heterocycles. The molecule has 92 valence electrons. The van der Waals surface area contributed by atoms with E-state index >= 15 is 0 Å². The maximum absolute atomic E-state index is 10.7. The third-order valence-corrected chi connectivity index (χ3v) is 3.18. The fraction of sp³-hybridized carbons (Fsp3) is 0.462. The molecule has 0 heterocycles. The van der Waals surface area contributed by atoms with Crippen molar-refractivity contribution >= 4 is 5.91 Å². The van der Waals surface area contributed by atoms with E-state index in [1.807, 2.05) is 19.2 Å². The molecule has 1 atom stereocenters. The van der Waals surface area contributed by atoms with Crippen LogP contribution in [0.25, 0.3) is 0 Å². The quantitative estimate of drug-likeness (QED) is 0.821. The van der Waals surface area contributed by atoms with E-state index < -0.39 is 5.91 Å². The number of ether oxygens (including phenoxy) is 1. The van der Waals surface area contributed by atoms with Gasteiger partial charge in [-0.1, -0.05) is 12.1 Å². The number of amides is 1. The van der Waals surface area contributed by atoms with Gasteiger partial charge in [-0.3, -0.25) is 4.79 Å². The Bertz CT molecular complexity index is 418. The van der Waals surface area contributed by atoms with Crippen LogP contribution in [0.1, 0.15) is 30.0 Å². The fourth-order valence-electron chi connectivity index (χ4n) is 2.40. The van der Waals surface area contributed by atoms with Crippen LogP contribution in [0.15, 0.2) is 18.2 Å². The van der Waals surface area contributed by atoms with Crippen molar-refractivity contribution in [2.24, 2.45) is 5.73 Å². The minimum atomic E-state index is -0.441. The second-order valence-electron chi connectivity index (χ2n) is 4.31. The van der Waals surface area contributed by atoms with E-state index in [0.717, 1.165) is 25.0 Å². The van der Waals surface area contributed by atoms with Gasteiger partial charge in [-0.15, -0.1) is 0 Å². The summed E-state index contributed by atoms with van der Waals surface area (Å²) < 4.78 is 5.46. The Morgan fingerprint density at radius 1 is 1.59 bits per heavy atom. The summed E-state index contributed by atoms with van der Waals surface area (Å²) in [5.74, 6) is 0.352. The average Bonchev–Trinajstić information content (AvgIpc) is 2.35. The van der Waals surface area contributed by atoms with Crippen LogP contribution in [0.2, 0.25) is 0 Å². The normalized spacial score (nSPS) is 18.5. The molecule has 1 aliphatic rings. The van der Waals surface area contributed by atoms with Crippen LogP contribution in [0, 0.1) is 0 Å². The molecule has 2 rings (SSSR count). The number of nitrogens with one attached hydrogen (secondary N) is 1. The molecule has 1 aromatic rings. The first kappa shape index (κ1) is 11.9. The van der Waals surface area contributed by atoms with E-state index in [-0.39, 0.29) is 6.61 Å². The molecule has 17 heavy (non-hydrogen) atoms. The summed E-state index contributed by atoms with van der Waals surface area (Å²) in [4.78, 5) is 10.7. The van der Waals surface area contributed by atoms with Gasteiger partial charge in [0.1, 0.15) is 5.75 Å². The van der Waals surface area contributed by atoms with Gasteiger partial charge in [0, 0.05) is 6.04 Å². The summed E-state index contributed by atoms with van der Waals surface area (Å²) in [5.41, 5.74) is 7.58. The van der Waals surface area contributed by atoms with Crippen molar-refractivity contribution < 1.29 is 9.53 Å². The zero-order chi connectivity index (χ0) is 12.3. The Hall–Kier alpha value is -1.55. The second-order valence-corrected chi connectivity index (χ2v) is 4.31. The predicted octanol–water partition coefficient (Wildman–Crippen LogP) is 1.15. The summed E-state index contributed by atoms with van der Waals surface area (Å²) in [5, 5.41) is 3.31. The monoisotopic (exact) mass is 234 g/mol. The SMILES string of the molecule is CNC1CCCc2c(OCC(N)=O)cccc21. The maximum Gasteiger partial charge on any atom is 0.255 e. The number of benzene rings is 1. The molecule has 4 nitrogen and oxygen atoms in total. The van der Waals surface area contributed by atoms with Gasteiger partial charge in [-0.2, -0.15) is 0 Å². The summed E-state index contributed by atoms with van der Waals surface area (Å²) in [6.07, 6.45) is 3.28. The molecule has 3 N–H and O–H groups in total. The van der Waals surface area contributed by atoms with Gasteiger partial charge in [-0.05, 0) is 43.5 Å². The molecule has 0 fully saturated rings. The first-order chi connectivity index (χ1) is 8.22. The number of primary amides is 1. The first-order valence-electron chi connectivity index (χ1n) is 5.92. The molecular formula is C13H18N2O2. The van der Waals surface area contributed by atoms with E-state index in [1.165, 1.54) is 11.1 Å². The zero-order valence-corrected chi connectivity index (χ0v) is 10.0. The van der Waals surface area contributed by atoms with Gasteiger partial charge in [0.05, 0.1) is 0 Å². The van der Waals surface area contributed by atoms with Crippen LogP contribution in [-0.2, 0) is 11.2 Å².